The Labute approximate surface area is 503 Å². The minimum absolute atomic E-state index is 0.0751. The normalized spacial score (nSPS) is 12.6. The third-order valence-electron chi connectivity index (χ3n) is 15.4. The first-order valence-electron chi connectivity index (χ1n) is 35.1. The molecule has 0 bridgehead atoms. The highest BCUT2D eigenvalue weighted by molar-refractivity contribution is 5.71. The Morgan fingerprint density at radius 1 is 0.259 bits per heavy atom. The van der Waals surface area contributed by atoms with Crippen molar-refractivity contribution in [2.75, 3.05) is 13.2 Å². The van der Waals surface area contributed by atoms with Gasteiger partial charge in [0.2, 0.25) is 0 Å². The summed E-state index contributed by atoms with van der Waals surface area (Å²) in [6.07, 6.45) is 91.8. The SMILES string of the molecule is CC/C=C\C/C=C\C/C=C\C/C=C\C/C=C\C/C=C\CCCCCCCCCCC(=O)OCC(COC(=O)CCCCCCCCCCCCC)OC(=O)CCCCCCCCCCCCCCC/C=C\CCCCCCCCCC. The average Bonchev–Trinajstić information content (AvgIpc) is 3.47. The molecule has 81 heavy (non-hydrogen) atoms. The van der Waals surface area contributed by atoms with Crippen LogP contribution in [0, 0.1) is 0 Å². The second-order valence-corrected chi connectivity index (χ2v) is 23.4. The maximum atomic E-state index is 12.9. The molecule has 468 valence electrons. The third kappa shape index (κ3) is 67.3. The number of rotatable bonds is 64. The van der Waals surface area contributed by atoms with Gasteiger partial charge in [-0.25, -0.2) is 0 Å². The van der Waals surface area contributed by atoms with Gasteiger partial charge in [-0.2, -0.15) is 0 Å². The van der Waals surface area contributed by atoms with Gasteiger partial charge >= 0.3 is 17.9 Å². The molecular formula is C75H132O6. The van der Waals surface area contributed by atoms with E-state index in [1.807, 2.05) is 0 Å². The first-order valence-corrected chi connectivity index (χ1v) is 35.1. The fourth-order valence-corrected chi connectivity index (χ4v) is 10.2. The number of unbranched alkanes of at least 4 members (excludes halogenated alkanes) is 39. The van der Waals surface area contributed by atoms with Crippen LogP contribution in [0.25, 0.3) is 0 Å². The first-order chi connectivity index (χ1) is 40.0. The summed E-state index contributed by atoms with van der Waals surface area (Å²) in [5.74, 6) is -0.867. The number of esters is 3. The number of carbonyl (C=O) groups is 3. The van der Waals surface area contributed by atoms with Crippen LogP contribution in [0.4, 0.5) is 0 Å². The number of carbonyl (C=O) groups excluding carboxylic acids is 3. The summed E-state index contributed by atoms with van der Waals surface area (Å²) >= 11 is 0. The van der Waals surface area contributed by atoms with E-state index in [2.05, 4.69) is 106 Å². The van der Waals surface area contributed by atoms with Crippen molar-refractivity contribution < 1.29 is 28.6 Å². The average molecular weight is 1130 g/mol. The minimum atomic E-state index is -0.779. The molecule has 6 nitrogen and oxygen atoms in total. The smallest absolute Gasteiger partial charge is 0.306 e. The summed E-state index contributed by atoms with van der Waals surface area (Å²) in [4.78, 5) is 38.4. The summed E-state index contributed by atoms with van der Waals surface area (Å²) < 4.78 is 17.0. The molecule has 6 heteroatoms. The zero-order chi connectivity index (χ0) is 58.5. The molecule has 1 atom stereocenters. The zero-order valence-corrected chi connectivity index (χ0v) is 53.8. The van der Waals surface area contributed by atoms with E-state index in [-0.39, 0.29) is 31.1 Å². The van der Waals surface area contributed by atoms with Gasteiger partial charge in [0.15, 0.2) is 6.10 Å². The van der Waals surface area contributed by atoms with E-state index in [1.165, 1.54) is 212 Å². The van der Waals surface area contributed by atoms with Crippen LogP contribution >= 0.6 is 0 Å². The van der Waals surface area contributed by atoms with Crippen LogP contribution in [0.2, 0.25) is 0 Å². The summed E-state index contributed by atoms with van der Waals surface area (Å²) in [5.41, 5.74) is 0. The highest BCUT2D eigenvalue weighted by Gasteiger charge is 2.19. The summed E-state index contributed by atoms with van der Waals surface area (Å²) in [6.45, 7) is 6.56. The molecule has 0 saturated carbocycles. The van der Waals surface area contributed by atoms with Gasteiger partial charge in [0.25, 0.3) is 0 Å². The minimum Gasteiger partial charge on any atom is -0.462 e. The molecule has 0 radical (unpaired) electrons. The molecule has 0 N–H and O–H groups in total. The predicted molar refractivity (Wildman–Crippen MR) is 353 cm³/mol. The fraction of sp³-hybridized carbons (Fsp3) is 0.773. The van der Waals surface area contributed by atoms with E-state index in [9.17, 15) is 14.4 Å². The van der Waals surface area contributed by atoms with Gasteiger partial charge in [-0.3, -0.25) is 14.4 Å². The van der Waals surface area contributed by atoms with Crippen molar-refractivity contribution in [3.8, 4) is 0 Å². The highest BCUT2D eigenvalue weighted by Crippen LogP contribution is 2.17. The van der Waals surface area contributed by atoms with Crippen molar-refractivity contribution in [3.05, 3.63) is 85.1 Å². The monoisotopic (exact) mass is 1130 g/mol. The molecule has 0 spiro atoms. The molecule has 0 saturated heterocycles. The standard InChI is InChI=1S/C75H132O6/c1-4-7-10-13-16-19-22-24-26-28-30-32-34-36-37-39-40-42-44-46-48-50-53-56-59-62-65-68-74(77)80-71-72(70-79-73(76)67-64-61-58-55-52-21-18-15-12-9-6-3)81-75(78)69-66-63-60-57-54-51-49-47-45-43-41-38-35-33-31-29-27-25-23-20-17-14-11-8-5-2/h7,10,16,19,24,26,29-32,36-37,40,42,72H,4-6,8-9,11-15,17-18,20-23,25,27-28,33-35,38-39,41,43-71H2,1-3H3/b10-7-,19-16-,26-24-,31-29-,32-30-,37-36-,42-40-. The molecule has 0 rings (SSSR count). The van der Waals surface area contributed by atoms with Crippen molar-refractivity contribution in [1.29, 1.82) is 0 Å². The lowest BCUT2D eigenvalue weighted by atomic mass is 10.0. The number of allylic oxidation sites excluding steroid dienone is 14. The molecule has 0 aliphatic carbocycles. The Bertz CT molecular complexity index is 1530. The summed E-state index contributed by atoms with van der Waals surface area (Å²) in [6, 6.07) is 0. The van der Waals surface area contributed by atoms with E-state index in [0.717, 1.165) is 103 Å². The van der Waals surface area contributed by atoms with Crippen molar-refractivity contribution in [2.45, 2.75) is 361 Å². The van der Waals surface area contributed by atoms with Crippen LogP contribution in [0.5, 0.6) is 0 Å². The number of hydrogen-bond acceptors (Lipinski definition) is 6. The lowest BCUT2D eigenvalue weighted by molar-refractivity contribution is -0.167. The number of ether oxygens (including phenoxy) is 3. The molecule has 1 unspecified atom stereocenters. The summed E-state index contributed by atoms with van der Waals surface area (Å²) in [5, 5.41) is 0. The maximum Gasteiger partial charge on any atom is 0.306 e. The van der Waals surface area contributed by atoms with Crippen molar-refractivity contribution in [2.24, 2.45) is 0 Å². The van der Waals surface area contributed by atoms with Gasteiger partial charge in [0.05, 0.1) is 0 Å². The Hall–Kier alpha value is -3.41. The van der Waals surface area contributed by atoms with Crippen LogP contribution in [0.3, 0.4) is 0 Å². The van der Waals surface area contributed by atoms with Gasteiger partial charge in [-0.1, -0.05) is 324 Å². The third-order valence-corrected chi connectivity index (χ3v) is 15.4. The summed E-state index contributed by atoms with van der Waals surface area (Å²) in [7, 11) is 0. The lowest BCUT2D eigenvalue weighted by Crippen LogP contribution is -2.30. The van der Waals surface area contributed by atoms with Gasteiger partial charge < -0.3 is 14.2 Å². The maximum absolute atomic E-state index is 12.9. The first kappa shape index (κ1) is 77.6. The largest absolute Gasteiger partial charge is 0.462 e. The molecule has 0 fully saturated rings. The van der Waals surface area contributed by atoms with E-state index in [0.29, 0.717) is 19.3 Å². The zero-order valence-electron chi connectivity index (χ0n) is 53.8. The molecule has 0 aliphatic heterocycles. The van der Waals surface area contributed by atoms with Crippen molar-refractivity contribution in [1.82, 2.24) is 0 Å². The van der Waals surface area contributed by atoms with Gasteiger partial charge in [-0.15, -0.1) is 0 Å². The molecule has 0 aromatic heterocycles. The van der Waals surface area contributed by atoms with Crippen LogP contribution in [-0.4, -0.2) is 37.2 Å². The quantitative estimate of drug-likeness (QED) is 0.0261. The van der Waals surface area contributed by atoms with E-state index < -0.39 is 6.10 Å². The number of hydrogen-bond donors (Lipinski definition) is 0. The molecular weight excluding hydrogens is 997 g/mol. The second kappa shape index (κ2) is 69.1. The van der Waals surface area contributed by atoms with Crippen LogP contribution < -0.4 is 0 Å². The van der Waals surface area contributed by atoms with E-state index >= 15 is 0 Å². The Morgan fingerprint density at radius 2 is 0.481 bits per heavy atom. The highest BCUT2D eigenvalue weighted by atomic mass is 16.6. The fourth-order valence-electron chi connectivity index (χ4n) is 10.2. The van der Waals surface area contributed by atoms with Gasteiger partial charge in [-0.05, 0) is 96.3 Å². The van der Waals surface area contributed by atoms with Crippen LogP contribution in [-0.2, 0) is 28.6 Å². The predicted octanol–water partition coefficient (Wildman–Crippen LogP) is 24.2. The van der Waals surface area contributed by atoms with Gasteiger partial charge in [0, 0.05) is 19.3 Å². The Balaban J connectivity index is 4.25. The molecule has 0 aromatic carbocycles. The lowest BCUT2D eigenvalue weighted by Gasteiger charge is -2.18. The molecule has 0 heterocycles. The Morgan fingerprint density at radius 3 is 0.765 bits per heavy atom. The van der Waals surface area contributed by atoms with Crippen molar-refractivity contribution >= 4 is 17.9 Å². The van der Waals surface area contributed by atoms with Crippen molar-refractivity contribution in [3.63, 3.8) is 0 Å². The van der Waals surface area contributed by atoms with E-state index in [4.69, 9.17) is 14.2 Å². The molecule has 0 amide bonds. The molecule has 0 aromatic rings. The topological polar surface area (TPSA) is 78.9 Å². The Kier molecular flexibility index (Phi) is 66.2. The second-order valence-electron chi connectivity index (χ2n) is 23.4. The van der Waals surface area contributed by atoms with Crippen LogP contribution in [0.1, 0.15) is 355 Å². The van der Waals surface area contributed by atoms with E-state index in [1.54, 1.807) is 0 Å². The van der Waals surface area contributed by atoms with Crippen LogP contribution in [0.15, 0.2) is 85.1 Å². The van der Waals surface area contributed by atoms with Gasteiger partial charge in [0.1, 0.15) is 13.2 Å². The molecule has 0 aliphatic rings.